The molecule has 0 aromatic heterocycles. The molecular weight excluding hydrogens is 337 g/mol. The third kappa shape index (κ3) is 6.21. The molecule has 8 heteroatoms. The second-order valence-electron chi connectivity index (χ2n) is 5.87. The van der Waals surface area contributed by atoms with E-state index in [0.717, 1.165) is 31.6 Å². The minimum absolute atomic E-state index is 0.0106. The van der Waals surface area contributed by atoms with Gasteiger partial charge in [0, 0.05) is 13.2 Å². The van der Waals surface area contributed by atoms with Gasteiger partial charge in [0.1, 0.15) is 5.75 Å². The monoisotopic (exact) mass is 360 g/mol. The molecule has 0 aliphatic carbocycles. The molecule has 0 spiro atoms. The zero-order chi connectivity index (χ0) is 18.3. The maximum atomic E-state index is 12.9. The molecule has 1 atom stereocenters. The predicted molar refractivity (Wildman–Crippen MR) is 87.7 cm³/mol. The van der Waals surface area contributed by atoms with E-state index in [9.17, 15) is 18.0 Å². The average Bonchev–Trinajstić information content (AvgIpc) is 3.06. The van der Waals surface area contributed by atoms with Crippen molar-refractivity contribution in [2.45, 2.75) is 38.5 Å². The van der Waals surface area contributed by atoms with Crippen LogP contribution in [0.25, 0.3) is 0 Å². The fourth-order valence-electron chi connectivity index (χ4n) is 2.49. The number of ether oxygens (including phenoxy) is 2. The quantitative estimate of drug-likeness (QED) is 0.747. The van der Waals surface area contributed by atoms with Crippen LogP contribution < -0.4 is 15.4 Å². The van der Waals surface area contributed by atoms with Crippen molar-refractivity contribution in [3.63, 3.8) is 0 Å². The number of hydrogen-bond donors (Lipinski definition) is 2. The lowest BCUT2D eigenvalue weighted by molar-refractivity contribution is -0.137. The van der Waals surface area contributed by atoms with Gasteiger partial charge in [0.15, 0.2) is 0 Å². The number of carbonyl (C=O) groups excluding carboxylic acids is 1. The highest BCUT2D eigenvalue weighted by atomic mass is 19.4. The molecule has 2 N–H and O–H groups in total. The molecule has 0 radical (unpaired) electrons. The molecule has 25 heavy (non-hydrogen) atoms. The van der Waals surface area contributed by atoms with Crippen molar-refractivity contribution in [3.05, 3.63) is 23.8 Å². The number of halogens is 3. The Hall–Kier alpha value is -1.80. The van der Waals surface area contributed by atoms with Crippen LogP contribution in [0.5, 0.6) is 5.75 Å². The Bertz CT molecular complexity index is 573. The summed E-state index contributed by atoms with van der Waals surface area (Å²) in [4.78, 5) is 12.0. The van der Waals surface area contributed by atoms with Gasteiger partial charge < -0.3 is 20.1 Å². The van der Waals surface area contributed by atoms with Crippen molar-refractivity contribution in [2.75, 3.05) is 31.6 Å². The maximum absolute atomic E-state index is 12.9. The minimum Gasteiger partial charge on any atom is -0.491 e. The SMILES string of the molecule is CCCOc1ccc(C(F)(F)F)cc1NC(=O)CNCC1CCCO1. The first-order valence-electron chi connectivity index (χ1n) is 8.36. The zero-order valence-corrected chi connectivity index (χ0v) is 14.1. The van der Waals surface area contributed by atoms with E-state index in [1.165, 1.54) is 6.07 Å². The van der Waals surface area contributed by atoms with Gasteiger partial charge in [0.2, 0.25) is 5.91 Å². The van der Waals surface area contributed by atoms with E-state index >= 15 is 0 Å². The normalized spacial score (nSPS) is 17.5. The number of amides is 1. The highest BCUT2D eigenvalue weighted by Crippen LogP contribution is 2.35. The van der Waals surface area contributed by atoms with E-state index in [4.69, 9.17) is 9.47 Å². The van der Waals surface area contributed by atoms with Gasteiger partial charge in [-0.2, -0.15) is 13.2 Å². The molecule has 0 bridgehead atoms. The van der Waals surface area contributed by atoms with Crippen LogP contribution in [-0.4, -0.2) is 38.3 Å². The Morgan fingerprint density at radius 2 is 2.20 bits per heavy atom. The molecule has 1 saturated heterocycles. The molecule has 140 valence electrons. The molecule has 5 nitrogen and oxygen atoms in total. The zero-order valence-electron chi connectivity index (χ0n) is 14.1. The number of hydrogen-bond acceptors (Lipinski definition) is 4. The smallest absolute Gasteiger partial charge is 0.416 e. The van der Waals surface area contributed by atoms with E-state index in [1.807, 2.05) is 6.92 Å². The van der Waals surface area contributed by atoms with Gasteiger partial charge in [-0.15, -0.1) is 0 Å². The molecular formula is C17H23F3N2O3. The molecule has 0 saturated carbocycles. The summed E-state index contributed by atoms with van der Waals surface area (Å²) < 4.78 is 49.5. The lowest BCUT2D eigenvalue weighted by Gasteiger charge is -2.16. The van der Waals surface area contributed by atoms with Crippen molar-refractivity contribution in [3.8, 4) is 5.75 Å². The number of anilines is 1. The fraction of sp³-hybridized carbons (Fsp3) is 0.588. The number of rotatable bonds is 8. The molecule has 1 fully saturated rings. The maximum Gasteiger partial charge on any atom is 0.416 e. The van der Waals surface area contributed by atoms with E-state index < -0.39 is 17.6 Å². The van der Waals surface area contributed by atoms with Crippen LogP contribution in [0.3, 0.4) is 0 Å². The first-order valence-corrected chi connectivity index (χ1v) is 8.36. The summed E-state index contributed by atoms with van der Waals surface area (Å²) in [5.74, 6) is -0.207. The summed E-state index contributed by atoms with van der Waals surface area (Å²) in [7, 11) is 0. The van der Waals surface area contributed by atoms with E-state index in [0.29, 0.717) is 19.6 Å². The van der Waals surface area contributed by atoms with Gasteiger partial charge >= 0.3 is 6.18 Å². The Morgan fingerprint density at radius 3 is 2.84 bits per heavy atom. The summed E-state index contributed by atoms with van der Waals surface area (Å²) in [5.41, 5.74) is -0.814. The third-order valence-corrected chi connectivity index (χ3v) is 3.72. The molecule has 1 amide bonds. The van der Waals surface area contributed by atoms with Gasteiger partial charge in [0.05, 0.1) is 30.5 Å². The van der Waals surface area contributed by atoms with Crippen LogP contribution in [0.1, 0.15) is 31.7 Å². The molecule has 1 aliphatic rings. The standard InChI is InChI=1S/C17H23F3N2O3/c1-2-7-25-15-6-5-12(17(18,19)20)9-14(15)22-16(23)11-21-10-13-4-3-8-24-13/h5-6,9,13,21H,2-4,7-8,10-11H2,1H3,(H,22,23). The largest absolute Gasteiger partial charge is 0.491 e. The lowest BCUT2D eigenvalue weighted by atomic mass is 10.1. The first-order chi connectivity index (χ1) is 11.9. The average molecular weight is 360 g/mol. The van der Waals surface area contributed by atoms with Crippen molar-refractivity contribution in [1.82, 2.24) is 5.32 Å². The second kappa shape index (κ2) is 9.05. The van der Waals surface area contributed by atoms with Crippen LogP contribution in [0.15, 0.2) is 18.2 Å². The van der Waals surface area contributed by atoms with Gasteiger partial charge in [-0.1, -0.05) is 6.92 Å². The van der Waals surface area contributed by atoms with Crippen LogP contribution in [-0.2, 0) is 15.7 Å². The van der Waals surface area contributed by atoms with Crippen LogP contribution in [0.2, 0.25) is 0 Å². The second-order valence-corrected chi connectivity index (χ2v) is 5.87. The van der Waals surface area contributed by atoms with Crippen molar-refractivity contribution in [1.29, 1.82) is 0 Å². The number of benzene rings is 1. The van der Waals surface area contributed by atoms with Crippen molar-refractivity contribution < 1.29 is 27.4 Å². The highest BCUT2D eigenvalue weighted by Gasteiger charge is 2.31. The fourth-order valence-corrected chi connectivity index (χ4v) is 2.49. The third-order valence-electron chi connectivity index (χ3n) is 3.72. The van der Waals surface area contributed by atoms with Crippen molar-refractivity contribution >= 4 is 11.6 Å². The van der Waals surface area contributed by atoms with E-state index in [2.05, 4.69) is 10.6 Å². The van der Waals surface area contributed by atoms with Crippen molar-refractivity contribution in [2.24, 2.45) is 0 Å². The molecule has 2 rings (SSSR count). The predicted octanol–water partition coefficient (Wildman–Crippen LogP) is 3.20. The van der Waals surface area contributed by atoms with Gasteiger partial charge in [-0.05, 0) is 37.5 Å². The Kier molecular flexibility index (Phi) is 7.07. The topological polar surface area (TPSA) is 59.6 Å². The minimum atomic E-state index is -4.49. The summed E-state index contributed by atoms with van der Waals surface area (Å²) in [5, 5.41) is 5.44. The van der Waals surface area contributed by atoms with Crippen LogP contribution in [0.4, 0.5) is 18.9 Å². The van der Waals surface area contributed by atoms with E-state index in [-0.39, 0.29) is 24.1 Å². The van der Waals surface area contributed by atoms with E-state index in [1.54, 1.807) is 0 Å². The van der Waals surface area contributed by atoms with Gasteiger partial charge in [-0.3, -0.25) is 4.79 Å². The Balaban J connectivity index is 1.97. The number of nitrogens with one attached hydrogen (secondary N) is 2. The molecule has 1 aromatic rings. The summed E-state index contributed by atoms with van der Waals surface area (Å²) in [6.07, 6.45) is -1.75. The molecule has 1 heterocycles. The summed E-state index contributed by atoms with van der Waals surface area (Å²) in [6.45, 7) is 3.49. The molecule has 1 unspecified atom stereocenters. The Labute approximate surface area is 144 Å². The number of carbonyl (C=O) groups is 1. The highest BCUT2D eigenvalue weighted by molar-refractivity contribution is 5.93. The molecule has 1 aromatic carbocycles. The van der Waals surface area contributed by atoms with Gasteiger partial charge in [0.25, 0.3) is 0 Å². The number of alkyl halides is 3. The van der Waals surface area contributed by atoms with Gasteiger partial charge in [-0.25, -0.2) is 0 Å². The summed E-state index contributed by atoms with van der Waals surface area (Å²) in [6, 6.07) is 3.06. The Morgan fingerprint density at radius 1 is 1.40 bits per heavy atom. The first kappa shape index (κ1) is 19.5. The molecule has 1 aliphatic heterocycles. The van der Waals surface area contributed by atoms with Crippen LogP contribution >= 0.6 is 0 Å². The van der Waals surface area contributed by atoms with Crippen LogP contribution in [0, 0.1) is 0 Å². The lowest BCUT2D eigenvalue weighted by Crippen LogP contribution is -2.33. The summed E-state index contributed by atoms with van der Waals surface area (Å²) >= 11 is 0.